The number of phenolic OH excluding ortho intramolecular Hbond substituents is 1. The first-order chi connectivity index (χ1) is 11.3. The summed E-state index contributed by atoms with van der Waals surface area (Å²) in [6.07, 6.45) is -4.72. The molecule has 1 unspecified atom stereocenters. The first kappa shape index (κ1) is 18.1. The van der Waals surface area contributed by atoms with Crippen molar-refractivity contribution in [3.8, 4) is 5.75 Å². The molecule has 0 aliphatic heterocycles. The number of alkyl halides is 3. The highest BCUT2D eigenvalue weighted by Crippen LogP contribution is 2.34. The van der Waals surface area contributed by atoms with Crippen LogP contribution in [0, 0.1) is 0 Å². The number of nitrogens with one attached hydrogen (secondary N) is 1. The van der Waals surface area contributed by atoms with Crippen LogP contribution in [-0.4, -0.2) is 23.7 Å². The molecule has 1 amide bonds. The van der Waals surface area contributed by atoms with E-state index in [-0.39, 0.29) is 12.2 Å². The molecule has 0 saturated heterocycles. The van der Waals surface area contributed by atoms with Crippen LogP contribution >= 0.6 is 11.6 Å². The number of phenols is 1. The molecule has 2 rings (SSSR count). The van der Waals surface area contributed by atoms with Crippen molar-refractivity contribution in [2.24, 2.45) is 0 Å². The van der Waals surface area contributed by atoms with E-state index in [9.17, 15) is 23.1 Å². The van der Waals surface area contributed by atoms with Crippen molar-refractivity contribution >= 4 is 17.5 Å². The van der Waals surface area contributed by atoms with Gasteiger partial charge >= 0.3 is 6.18 Å². The normalized spacial score (nSPS) is 12.7. The summed E-state index contributed by atoms with van der Waals surface area (Å²) in [5.74, 6) is -1.41. The smallest absolute Gasteiger partial charge is 0.405 e. The monoisotopic (exact) mass is 357 g/mol. The third kappa shape index (κ3) is 5.16. The Kier molecular flexibility index (Phi) is 5.72. The van der Waals surface area contributed by atoms with Crippen molar-refractivity contribution < 1.29 is 23.1 Å². The van der Waals surface area contributed by atoms with E-state index in [1.807, 2.05) is 5.32 Å². The van der Waals surface area contributed by atoms with Gasteiger partial charge in [0.25, 0.3) is 0 Å². The second kappa shape index (κ2) is 7.57. The molecule has 0 heterocycles. The van der Waals surface area contributed by atoms with E-state index >= 15 is 0 Å². The molecule has 0 saturated carbocycles. The highest BCUT2D eigenvalue weighted by Gasteiger charge is 2.29. The van der Waals surface area contributed by atoms with Gasteiger partial charge in [-0.05, 0) is 23.8 Å². The number of halogens is 4. The highest BCUT2D eigenvalue weighted by molar-refractivity contribution is 6.30. The number of hydrogen-bond acceptors (Lipinski definition) is 2. The van der Waals surface area contributed by atoms with E-state index in [1.165, 1.54) is 6.07 Å². The van der Waals surface area contributed by atoms with Crippen molar-refractivity contribution in [2.45, 2.75) is 18.5 Å². The van der Waals surface area contributed by atoms with Crippen LogP contribution in [0.1, 0.15) is 23.5 Å². The second-order valence-corrected chi connectivity index (χ2v) is 5.70. The van der Waals surface area contributed by atoms with E-state index < -0.39 is 24.5 Å². The van der Waals surface area contributed by atoms with Gasteiger partial charge in [0.2, 0.25) is 5.91 Å². The number of rotatable bonds is 5. The Bertz CT molecular complexity index is 719. The minimum atomic E-state index is -4.48. The molecule has 0 aliphatic carbocycles. The van der Waals surface area contributed by atoms with Gasteiger partial charge in [-0.1, -0.05) is 41.9 Å². The lowest BCUT2D eigenvalue weighted by molar-refractivity contribution is -0.138. The van der Waals surface area contributed by atoms with Crippen LogP contribution in [0.2, 0.25) is 5.02 Å². The van der Waals surface area contributed by atoms with Crippen molar-refractivity contribution in [3.63, 3.8) is 0 Å². The van der Waals surface area contributed by atoms with E-state index in [0.717, 1.165) is 0 Å². The van der Waals surface area contributed by atoms with Gasteiger partial charge in [-0.2, -0.15) is 13.2 Å². The zero-order valence-corrected chi connectivity index (χ0v) is 13.2. The van der Waals surface area contributed by atoms with Gasteiger partial charge in [-0.25, -0.2) is 0 Å². The molecule has 0 spiro atoms. The molecule has 0 fully saturated rings. The molecule has 3 nitrogen and oxygen atoms in total. The Hall–Kier alpha value is -2.21. The molecule has 0 radical (unpaired) electrons. The lowest BCUT2D eigenvalue weighted by Gasteiger charge is -2.19. The molecule has 24 heavy (non-hydrogen) atoms. The fourth-order valence-corrected chi connectivity index (χ4v) is 2.57. The maximum Gasteiger partial charge on any atom is 0.405 e. The van der Waals surface area contributed by atoms with Gasteiger partial charge in [0.1, 0.15) is 12.3 Å². The number of carbonyl (C=O) groups excluding carboxylic acids is 1. The van der Waals surface area contributed by atoms with Crippen LogP contribution in [-0.2, 0) is 4.79 Å². The quantitative estimate of drug-likeness (QED) is 0.840. The molecule has 2 aromatic carbocycles. The summed E-state index contributed by atoms with van der Waals surface area (Å²) in [5.41, 5.74) is 1.08. The number of aromatic hydroxyl groups is 1. The maximum absolute atomic E-state index is 12.2. The molecule has 2 aromatic rings. The Morgan fingerprint density at radius 1 is 1.17 bits per heavy atom. The highest BCUT2D eigenvalue weighted by atomic mass is 35.5. The van der Waals surface area contributed by atoms with Crippen LogP contribution in [0.15, 0.2) is 48.5 Å². The lowest BCUT2D eigenvalue weighted by Crippen LogP contribution is -2.34. The predicted octanol–water partition coefficient (Wildman–Crippen LogP) is 4.25. The molecule has 0 aromatic heterocycles. The summed E-state index contributed by atoms with van der Waals surface area (Å²) in [6.45, 7) is -1.39. The zero-order valence-electron chi connectivity index (χ0n) is 12.5. The van der Waals surface area contributed by atoms with Gasteiger partial charge < -0.3 is 10.4 Å². The fraction of sp³-hybridized carbons (Fsp3) is 0.235. The molecular weight excluding hydrogens is 343 g/mol. The molecule has 7 heteroatoms. The van der Waals surface area contributed by atoms with Crippen LogP contribution in [0.4, 0.5) is 13.2 Å². The van der Waals surface area contributed by atoms with Gasteiger partial charge in [0.15, 0.2) is 0 Å². The number of carbonyl (C=O) groups is 1. The van der Waals surface area contributed by atoms with Crippen LogP contribution in [0.5, 0.6) is 5.75 Å². The third-order valence-corrected chi connectivity index (χ3v) is 3.67. The molecule has 0 bridgehead atoms. The third-order valence-electron chi connectivity index (χ3n) is 3.44. The first-order valence-electron chi connectivity index (χ1n) is 7.13. The topological polar surface area (TPSA) is 49.3 Å². The van der Waals surface area contributed by atoms with Gasteiger partial charge in [0, 0.05) is 22.9 Å². The predicted molar refractivity (Wildman–Crippen MR) is 85.1 cm³/mol. The standard InChI is InChI=1S/C17H15ClF3NO2/c18-12-5-3-4-11(8-12)14(13-6-1-2-7-15(13)23)9-16(24)22-10-17(19,20)21/h1-8,14,23H,9-10H2,(H,22,24). The summed E-state index contributed by atoms with van der Waals surface area (Å²) < 4.78 is 36.7. The van der Waals surface area contributed by atoms with E-state index in [1.54, 1.807) is 42.5 Å². The van der Waals surface area contributed by atoms with Crippen LogP contribution in [0.25, 0.3) is 0 Å². The molecule has 0 aliphatic rings. The average Bonchev–Trinajstić information content (AvgIpc) is 2.51. The SMILES string of the molecule is O=C(CC(c1cccc(Cl)c1)c1ccccc1O)NCC(F)(F)F. The second-order valence-electron chi connectivity index (χ2n) is 5.26. The molecule has 1 atom stereocenters. The van der Waals surface area contributed by atoms with E-state index in [2.05, 4.69) is 0 Å². The number of para-hydroxylation sites is 1. The number of hydrogen-bond donors (Lipinski definition) is 2. The number of amides is 1. The Morgan fingerprint density at radius 3 is 2.50 bits per heavy atom. The van der Waals surface area contributed by atoms with E-state index in [0.29, 0.717) is 16.1 Å². The summed E-state index contributed by atoms with van der Waals surface area (Å²) >= 11 is 5.96. The fourth-order valence-electron chi connectivity index (χ4n) is 2.37. The van der Waals surface area contributed by atoms with Crippen LogP contribution in [0.3, 0.4) is 0 Å². The summed E-state index contributed by atoms with van der Waals surface area (Å²) in [4.78, 5) is 11.9. The summed E-state index contributed by atoms with van der Waals surface area (Å²) in [7, 11) is 0. The average molecular weight is 358 g/mol. The van der Waals surface area contributed by atoms with Gasteiger partial charge in [-0.15, -0.1) is 0 Å². The van der Waals surface area contributed by atoms with Crippen molar-refractivity contribution in [2.75, 3.05) is 6.54 Å². The zero-order chi connectivity index (χ0) is 17.7. The Morgan fingerprint density at radius 2 is 1.88 bits per heavy atom. The Labute approximate surface area is 142 Å². The maximum atomic E-state index is 12.2. The van der Waals surface area contributed by atoms with E-state index in [4.69, 9.17) is 11.6 Å². The minimum absolute atomic E-state index is 0.0360. The summed E-state index contributed by atoms with van der Waals surface area (Å²) in [6, 6.07) is 13.0. The van der Waals surface area contributed by atoms with Crippen molar-refractivity contribution in [1.29, 1.82) is 0 Å². The molecular formula is C17H15ClF3NO2. The van der Waals surface area contributed by atoms with Crippen molar-refractivity contribution in [1.82, 2.24) is 5.32 Å². The Balaban J connectivity index is 2.27. The molecule has 128 valence electrons. The summed E-state index contributed by atoms with van der Waals surface area (Å²) in [5, 5.41) is 12.3. The largest absolute Gasteiger partial charge is 0.508 e. The van der Waals surface area contributed by atoms with Gasteiger partial charge in [-0.3, -0.25) is 4.79 Å². The first-order valence-corrected chi connectivity index (χ1v) is 7.51. The van der Waals surface area contributed by atoms with Crippen molar-refractivity contribution in [3.05, 3.63) is 64.7 Å². The van der Waals surface area contributed by atoms with Crippen LogP contribution < -0.4 is 5.32 Å². The number of benzene rings is 2. The minimum Gasteiger partial charge on any atom is -0.508 e. The lowest BCUT2D eigenvalue weighted by atomic mass is 9.87. The molecule has 2 N–H and O–H groups in total. The van der Waals surface area contributed by atoms with Gasteiger partial charge in [0.05, 0.1) is 0 Å².